The van der Waals surface area contributed by atoms with Crippen molar-refractivity contribution in [1.29, 1.82) is 0 Å². The Morgan fingerprint density at radius 3 is 2.65 bits per heavy atom. The van der Waals surface area contributed by atoms with Crippen molar-refractivity contribution in [3.8, 4) is 0 Å². The lowest BCUT2D eigenvalue weighted by atomic mass is 10.1. The molecule has 0 aliphatic carbocycles. The summed E-state index contributed by atoms with van der Waals surface area (Å²) in [5.74, 6) is 5.80. The fourth-order valence-electron chi connectivity index (χ4n) is 1.74. The molecule has 0 bridgehead atoms. The van der Waals surface area contributed by atoms with Gasteiger partial charge in [0.25, 0.3) is 0 Å². The molecule has 1 heterocycles. The van der Waals surface area contributed by atoms with E-state index in [0.717, 1.165) is 6.42 Å². The number of hydrazine groups is 1. The van der Waals surface area contributed by atoms with Crippen LogP contribution >= 0.6 is 15.9 Å². The molecule has 0 aliphatic rings. The highest BCUT2D eigenvalue weighted by molar-refractivity contribution is 9.10. The lowest BCUT2D eigenvalue weighted by Gasteiger charge is -2.24. The molecule has 0 radical (unpaired) electrons. The fourth-order valence-corrected chi connectivity index (χ4v) is 3.92. The Labute approximate surface area is 128 Å². The molecule has 6 nitrogen and oxygen atoms in total. The number of nitrogens with one attached hydrogen (secondary N) is 1. The van der Waals surface area contributed by atoms with Crippen molar-refractivity contribution in [3.05, 3.63) is 16.7 Å². The normalized spacial score (nSPS) is 13.5. The van der Waals surface area contributed by atoms with Crippen LogP contribution in [0.1, 0.15) is 27.2 Å². The maximum atomic E-state index is 12.7. The summed E-state index contributed by atoms with van der Waals surface area (Å²) in [7, 11) is -3.62. The Kier molecular flexibility index (Phi) is 6.38. The van der Waals surface area contributed by atoms with Gasteiger partial charge in [-0.2, -0.15) is 4.31 Å². The Hall–Kier alpha value is -0.700. The second-order valence-electron chi connectivity index (χ2n) is 4.61. The van der Waals surface area contributed by atoms with Crippen molar-refractivity contribution < 1.29 is 8.42 Å². The van der Waals surface area contributed by atoms with Crippen LogP contribution in [0.25, 0.3) is 0 Å². The Balaban J connectivity index is 3.23. The second-order valence-corrected chi connectivity index (χ2v) is 7.44. The molecule has 1 unspecified atom stereocenters. The third kappa shape index (κ3) is 3.91. The van der Waals surface area contributed by atoms with Crippen molar-refractivity contribution in [2.75, 3.05) is 18.5 Å². The van der Waals surface area contributed by atoms with Gasteiger partial charge in [0.05, 0.1) is 0 Å². The smallest absolute Gasteiger partial charge is 0.246 e. The molecule has 114 valence electrons. The lowest BCUT2D eigenvalue weighted by molar-refractivity contribution is 0.361. The molecule has 0 aliphatic heterocycles. The second kappa shape index (κ2) is 7.35. The van der Waals surface area contributed by atoms with Crippen LogP contribution in [0.15, 0.2) is 21.6 Å². The standard InChI is InChI=1S/C12H21BrN4O2S/c1-4-9(3)8-17(5-2)20(18,19)11-6-10(13)7-15-12(11)16-14/h6-7,9H,4-5,8,14H2,1-3H3,(H,15,16). The molecule has 20 heavy (non-hydrogen) atoms. The number of sulfonamides is 1. The van der Waals surface area contributed by atoms with Crippen LogP contribution in [0.2, 0.25) is 0 Å². The van der Waals surface area contributed by atoms with Crippen molar-refractivity contribution in [3.63, 3.8) is 0 Å². The van der Waals surface area contributed by atoms with Crippen molar-refractivity contribution in [2.24, 2.45) is 11.8 Å². The van der Waals surface area contributed by atoms with Crippen LogP contribution in [0.3, 0.4) is 0 Å². The van der Waals surface area contributed by atoms with Gasteiger partial charge in [0.1, 0.15) is 4.90 Å². The van der Waals surface area contributed by atoms with Gasteiger partial charge in [0, 0.05) is 23.8 Å². The summed E-state index contributed by atoms with van der Waals surface area (Å²) >= 11 is 3.24. The molecule has 1 rings (SSSR count). The van der Waals surface area contributed by atoms with E-state index in [-0.39, 0.29) is 10.7 Å². The monoisotopic (exact) mass is 364 g/mol. The number of pyridine rings is 1. The maximum Gasteiger partial charge on any atom is 0.246 e. The van der Waals surface area contributed by atoms with E-state index >= 15 is 0 Å². The van der Waals surface area contributed by atoms with E-state index in [2.05, 4.69) is 26.3 Å². The fraction of sp³-hybridized carbons (Fsp3) is 0.583. The molecule has 0 saturated heterocycles. The van der Waals surface area contributed by atoms with Crippen LogP contribution < -0.4 is 11.3 Å². The topological polar surface area (TPSA) is 88.3 Å². The molecule has 1 atom stereocenters. The van der Waals surface area contributed by atoms with Crippen LogP contribution in [0.4, 0.5) is 5.82 Å². The average molecular weight is 365 g/mol. The van der Waals surface area contributed by atoms with Gasteiger partial charge in [0.2, 0.25) is 10.0 Å². The lowest BCUT2D eigenvalue weighted by Crippen LogP contribution is -2.35. The van der Waals surface area contributed by atoms with Crippen molar-refractivity contribution >= 4 is 31.8 Å². The minimum atomic E-state index is -3.62. The van der Waals surface area contributed by atoms with E-state index < -0.39 is 10.0 Å². The van der Waals surface area contributed by atoms with Gasteiger partial charge in [-0.25, -0.2) is 19.2 Å². The molecule has 0 aromatic carbocycles. The highest BCUT2D eigenvalue weighted by Crippen LogP contribution is 2.26. The van der Waals surface area contributed by atoms with E-state index in [1.165, 1.54) is 16.6 Å². The van der Waals surface area contributed by atoms with Crippen molar-refractivity contribution in [2.45, 2.75) is 32.1 Å². The maximum absolute atomic E-state index is 12.7. The highest BCUT2D eigenvalue weighted by Gasteiger charge is 2.27. The minimum absolute atomic E-state index is 0.0829. The zero-order valence-electron chi connectivity index (χ0n) is 11.9. The Bertz CT molecular complexity index is 550. The van der Waals surface area contributed by atoms with Crippen LogP contribution in [-0.2, 0) is 10.0 Å². The van der Waals surface area contributed by atoms with Gasteiger partial charge in [-0.05, 0) is 27.9 Å². The zero-order valence-corrected chi connectivity index (χ0v) is 14.3. The molecule has 0 spiro atoms. The highest BCUT2D eigenvalue weighted by atomic mass is 79.9. The summed E-state index contributed by atoms with van der Waals surface area (Å²) < 4.78 is 27.5. The van der Waals surface area contributed by atoms with Crippen LogP contribution in [0, 0.1) is 5.92 Å². The number of rotatable bonds is 7. The summed E-state index contributed by atoms with van der Waals surface area (Å²) in [6.45, 7) is 6.77. The van der Waals surface area contributed by atoms with Gasteiger partial charge in [0.15, 0.2) is 5.82 Å². The largest absolute Gasteiger partial charge is 0.307 e. The predicted octanol–water partition coefficient (Wildman–Crippen LogP) is 2.19. The predicted molar refractivity (Wildman–Crippen MR) is 83.6 cm³/mol. The average Bonchev–Trinajstić information content (AvgIpc) is 2.44. The molecule has 0 fully saturated rings. The first-order valence-electron chi connectivity index (χ1n) is 6.49. The van der Waals surface area contributed by atoms with Gasteiger partial charge in [-0.1, -0.05) is 27.2 Å². The number of hydrogen-bond acceptors (Lipinski definition) is 5. The molecular weight excluding hydrogens is 344 g/mol. The van der Waals surface area contributed by atoms with Crippen LogP contribution in [-0.4, -0.2) is 30.8 Å². The molecule has 0 saturated carbocycles. The van der Waals surface area contributed by atoms with Gasteiger partial charge < -0.3 is 5.43 Å². The molecule has 0 amide bonds. The minimum Gasteiger partial charge on any atom is -0.307 e. The first-order chi connectivity index (χ1) is 9.36. The quantitative estimate of drug-likeness (QED) is 0.571. The number of anilines is 1. The molecular formula is C12H21BrN4O2S. The number of nitrogen functional groups attached to an aromatic ring is 1. The third-order valence-electron chi connectivity index (χ3n) is 3.14. The number of nitrogens with two attached hydrogens (primary N) is 1. The van der Waals surface area contributed by atoms with Gasteiger partial charge in [-0.3, -0.25) is 0 Å². The van der Waals surface area contributed by atoms with Crippen molar-refractivity contribution in [1.82, 2.24) is 9.29 Å². The molecule has 1 aromatic heterocycles. The van der Waals surface area contributed by atoms with E-state index in [1.807, 2.05) is 20.8 Å². The summed E-state index contributed by atoms with van der Waals surface area (Å²) in [6, 6.07) is 1.51. The molecule has 1 aromatic rings. The van der Waals surface area contributed by atoms with E-state index in [0.29, 0.717) is 23.5 Å². The summed E-state index contributed by atoms with van der Waals surface area (Å²) in [4.78, 5) is 4.07. The summed E-state index contributed by atoms with van der Waals surface area (Å²) in [5.41, 5.74) is 2.34. The number of hydrogen-bond donors (Lipinski definition) is 2. The van der Waals surface area contributed by atoms with Crippen LogP contribution in [0.5, 0.6) is 0 Å². The number of aromatic nitrogens is 1. The SMILES string of the molecule is CCC(C)CN(CC)S(=O)(=O)c1cc(Br)cnc1NN. The number of nitrogens with zero attached hydrogens (tertiary/aromatic N) is 2. The summed E-state index contributed by atoms with van der Waals surface area (Å²) in [6.07, 6.45) is 2.42. The van der Waals surface area contributed by atoms with E-state index in [1.54, 1.807) is 0 Å². The first-order valence-corrected chi connectivity index (χ1v) is 8.72. The first kappa shape index (κ1) is 17.4. The molecule has 8 heteroatoms. The van der Waals surface area contributed by atoms with E-state index in [4.69, 9.17) is 5.84 Å². The van der Waals surface area contributed by atoms with Gasteiger partial charge in [-0.15, -0.1) is 0 Å². The number of halogens is 1. The summed E-state index contributed by atoms with van der Waals surface area (Å²) in [5, 5.41) is 0. The van der Waals surface area contributed by atoms with Gasteiger partial charge >= 0.3 is 0 Å². The third-order valence-corrected chi connectivity index (χ3v) is 5.53. The Morgan fingerprint density at radius 1 is 1.50 bits per heavy atom. The van der Waals surface area contributed by atoms with E-state index in [9.17, 15) is 8.42 Å². The Morgan fingerprint density at radius 2 is 2.15 bits per heavy atom. The zero-order chi connectivity index (χ0) is 15.3. The molecule has 3 N–H and O–H groups in total.